The number of anilines is 1. The maximum Gasteiger partial charge on any atom is 0.0715 e. The summed E-state index contributed by atoms with van der Waals surface area (Å²) in [4.78, 5) is 0. The molecule has 0 saturated carbocycles. The van der Waals surface area contributed by atoms with Crippen LogP contribution in [0, 0.1) is 0 Å². The lowest BCUT2D eigenvalue weighted by atomic mass is 10.1. The van der Waals surface area contributed by atoms with Crippen LogP contribution in [-0.4, -0.2) is 19.8 Å². The Kier molecular flexibility index (Phi) is 5.19. The lowest BCUT2D eigenvalue weighted by Gasteiger charge is -2.12. The molecule has 0 aliphatic rings. The number of hydrogen-bond donors (Lipinski definition) is 1. The fraction of sp³-hybridized carbons (Fsp3) is 0.538. The third-order valence-corrected chi connectivity index (χ3v) is 2.49. The third kappa shape index (κ3) is 4.34. The highest BCUT2D eigenvalue weighted by Gasteiger charge is 1.98. The molecule has 1 aromatic rings. The lowest BCUT2D eigenvalue weighted by Crippen LogP contribution is -2.17. The van der Waals surface area contributed by atoms with Crippen molar-refractivity contribution < 1.29 is 4.74 Å². The Labute approximate surface area is 92.6 Å². The summed E-state index contributed by atoms with van der Waals surface area (Å²) >= 11 is 0. The average Bonchev–Trinajstić information content (AvgIpc) is 2.28. The van der Waals surface area contributed by atoms with Crippen molar-refractivity contribution in [3.05, 3.63) is 29.8 Å². The second-order valence-corrected chi connectivity index (χ2v) is 3.87. The van der Waals surface area contributed by atoms with Crippen molar-refractivity contribution in [2.75, 3.05) is 19.0 Å². The van der Waals surface area contributed by atoms with Crippen LogP contribution in [0.2, 0.25) is 0 Å². The molecule has 0 heterocycles. The van der Waals surface area contributed by atoms with Gasteiger partial charge in [-0.1, -0.05) is 25.5 Å². The molecule has 2 nitrogen and oxygen atoms in total. The number of hydrogen-bond acceptors (Lipinski definition) is 2. The first-order valence-electron chi connectivity index (χ1n) is 5.62. The molecule has 1 unspecified atom stereocenters. The van der Waals surface area contributed by atoms with E-state index in [0.717, 1.165) is 13.0 Å². The summed E-state index contributed by atoms with van der Waals surface area (Å²) in [5, 5.41) is 3.34. The van der Waals surface area contributed by atoms with Gasteiger partial charge in [0.05, 0.1) is 6.10 Å². The number of benzene rings is 1. The first-order valence-corrected chi connectivity index (χ1v) is 5.62. The van der Waals surface area contributed by atoms with E-state index < -0.39 is 0 Å². The zero-order valence-corrected chi connectivity index (χ0v) is 9.92. The van der Waals surface area contributed by atoms with Gasteiger partial charge in [-0.25, -0.2) is 0 Å². The van der Waals surface area contributed by atoms with Crippen molar-refractivity contribution in [2.24, 2.45) is 0 Å². The first kappa shape index (κ1) is 12.1. The molecule has 0 spiro atoms. The Balaban J connectivity index is 2.42. The Morgan fingerprint density at radius 2 is 1.93 bits per heavy atom. The lowest BCUT2D eigenvalue weighted by molar-refractivity contribution is 0.129. The van der Waals surface area contributed by atoms with Crippen molar-refractivity contribution in [1.82, 2.24) is 0 Å². The minimum Gasteiger partial charge on any atom is -0.382 e. The van der Waals surface area contributed by atoms with Gasteiger partial charge in [0.2, 0.25) is 0 Å². The van der Waals surface area contributed by atoms with Gasteiger partial charge in [0.1, 0.15) is 0 Å². The summed E-state index contributed by atoms with van der Waals surface area (Å²) < 4.78 is 5.17. The van der Waals surface area contributed by atoms with E-state index in [1.165, 1.54) is 17.7 Å². The summed E-state index contributed by atoms with van der Waals surface area (Å²) in [5.41, 5.74) is 2.57. The average molecular weight is 207 g/mol. The van der Waals surface area contributed by atoms with Gasteiger partial charge in [-0.05, 0) is 31.0 Å². The highest BCUT2D eigenvalue weighted by molar-refractivity contribution is 5.44. The topological polar surface area (TPSA) is 21.3 Å². The monoisotopic (exact) mass is 207 g/mol. The molecule has 2 heteroatoms. The van der Waals surface area contributed by atoms with Crippen LogP contribution in [0.15, 0.2) is 24.3 Å². The summed E-state index contributed by atoms with van der Waals surface area (Å²) in [6.07, 6.45) is 2.61. The maximum atomic E-state index is 5.17. The van der Waals surface area contributed by atoms with Crippen molar-refractivity contribution in [1.29, 1.82) is 0 Å². The van der Waals surface area contributed by atoms with Crippen LogP contribution in [0.25, 0.3) is 0 Å². The molecule has 1 rings (SSSR count). The molecule has 0 aliphatic carbocycles. The SMILES string of the molecule is CCCc1ccc(NCC(C)OC)cc1. The molecule has 15 heavy (non-hydrogen) atoms. The first-order chi connectivity index (χ1) is 7.26. The smallest absolute Gasteiger partial charge is 0.0715 e. The molecule has 1 aromatic carbocycles. The quantitative estimate of drug-likeness (QED) is 0.774. The molecule has 0 aliphatic heterocycles. The molecule has 0 fully saturated rings. The van der Waals surface area contributed by atoms with E-state index in [1.54, 1.807) is 7.11 Å². The van der Waals surface area contributed by atoms with Crippen molar-refractivity contribution in [2.45, 2.75) is 32.8 Å². The molecule has 0 bridgehead atoms. The standard InChI is InChI=1S/C13H21NO/c1-4-5-12-6-8-13(9-7-12)14-10-11(2)15-3/h6-9,11,14H,4-5,10H2,1-3H3. The van der Waals surface area contributed by atoms with E-state index in [1.807, 2.05) is 0 Å². The van der Waals surface area contributed by atoms with Crippen molar-refractivity contribution in [3.63, 3.8) is 0 Å². The van der Waals surface area contributed by atoms with Crippen LogP contribution >= 0.6 is 0 Å². The van der Waals surface area contributed by atoms with E-state index in [-0.39, 0.29) is 6.10 Å². The molecule has 0 saturated heterocycles. The molecule has 0 aromatic heterocycles. The Bertz CT molecular complexity index is 268. The molecule has 0 radical (unpaired) electrons. The molecular weight excluding hydrogens is 186 g/mol. The van der Waals surface area contributed by atoms with Crippen LogP contribution in [0.3, 0.4) is 0 Å². The highest BCUT2D eigenvalue weighted by atomic mass is 16.5. The fourth-order valence-electron chi connectivity index (χ4n) is 1.42. The summed E-state index contributed by atoms with van der Waals surface area (Å²) in [6.45, 7) is 5.11. The molecular formula is C13H21NO. The van der Waals surface area contributed by atoms with Gasteiger partial charge in [-0.2, -0.15) is 0 Å². The highest BCUT2D eigenvalue weighted by Crippen LogP contribution is 2.11. The van der Waals surface area contributed by atoms with Gasteiger partial charge in [-0.3, -0.25) is 0 Å². The van der Waals surface area contributed by atoms with E-state index in [2.05, 4.69) is 43.4 Å². The van der Waals surface area contributed by atoms with Gasteiger partial charge in [0.25, 0.3) is 0 Å². The normalized spacial score (nSPS) is 12.5. The third-order valence-electron chi connectivity index (χ3n) is 2.49. The predicted molar refractivity (Wildman–Crippen MR) is 65.4 cm³/mol. The zero-order valence-electron chi connectivity index (χ0n) is 9.92. The summed E-state index contributed by atoms with van der Waals surface area (Å²) in [6, 6.07) is 8.63. The minimum absolute atomic E-state index is 0.250. The van der Waals surface area contributed by atoms with E-state index in [4.69, 9.17) is 4.74 Å². The Hall–Kier alpha value is -1.02. The van der Waals surface area contributed by atoms with Crippen LogP contribution in [0.5, 0.6) is 0 Å². The molecule has 84 valence electrons. The second-order valence-electron chi connectivity index (χ2n) is 3.87. The number of nitrogens with one attached hydrogen (secondary N) is 1. The van der Waals surface area contributed by atoms with Crippen LogP contribution in [0.4, 0.5) is 5.69 Å². The number of aryl methyl sites for hydroxylation is 1. The summed E-state index contributed by atoms with van der Waals surface area (Å²) in [7, 11) is 1.73. The minimum atomic E-state index is 0.250. The van der Waals surface area contributed by atoms with Crippen LogP contribution in [0.1, 0.15) is 25.8 Å². The van der Waals surface area contributed by atoms with Crippen molar-refractivity contribution >= 4 is 5.69 Å². The van der Waals surface area contributed by atoms with Gasteiger partial charge in [0, 0.05) is 19.3 Å². The fourth-order valence-corrected chi connectivity index (χ4v) is 1.42. The molecule has 0 amide bonds. The molecule has 1 atom stereocenters. The summed E-state index contributed by atoms with van der Waals surface area (Å²) in [5.74, 6) is 0. The van der Waals surface area contributed by atoms with E-state index in [0.29, 0.717) is 0 Å². The predicted octanol–water partition coefficient (Wildman–Crippen LogP) is 3.09. The zero-order chi connectivity index (χ0) is 11.1. The Morgan fingerprint density at radius 3 is 2.47 bits per heavy atom. The second kappa shape index (κ2) is 6.46. The largest absolute Gasteiger partial charge is 0.382 e. The van der Waals surface area contributed by atoms with Crippen molar-refractivity contribution in [3.8, 4) is 0 Å². The number of ether oxygens (including phenoxy) is 1. The van der Waals surface area contributed by atoms with Gasteiger partial charge in [0.15, 0.2) is 0 Å². The van der Waals surface area contributed by atoms with Crippen LogP contribution in [-0.2, 0) is 11.2 Å². The Morgan fingerprint density at radius 1 is 1.27 bits per heavy atom. The van der Waals surface area contributed by atoms with Crippen LogP contribution < -0.4 is 5.32 Å². The van der Waals surface area contributed by atoms with Gasteiger partial charge in [-0.15, -0.1) is 0 Å². The maximum absolute atomic E-state index is 5.17. The van der Waals surface area contributed by atoms with E-state index >= 15 is 0 Å². The molecule has 1 N–H and O–H groups in total. The van der Waals surface area contributed by atoms with E-state index in [9.17, 15) is 0 Å². The number of rotatable bonds is 6. The van der Waals surface area contributed by atoms with Gasteiger partial charge >= 0.3 is 0 Å². The van der Waals surface area contributed by atoms with Gasteiger partial charge < -0.3 is 10.1 Å². The number of methoxy groups -OCH3 is 1.